The molecule has 72 valence electrons. The molecule has 0 amide bonds. The number of nitriles is 1. The van der Waals surface area contributed by atoms with Crippen molar-refractivity contribution in [2.45, 2.75) is 0 Å². The fraction of sp³-hybridized carbons (Fsp3) is 0.125. The van der Waals surface area contributed by atoms with Crippen LogP contribution in [0.15, 0.2) is 12.1 Å². The summed E-state index contributed by atoms with van der Waals surface area (Å²) in [4.78, 5) is 0. The summed E-state index contributed by atoms with van der Waals surface area (Å²) in [7, 11) is -0.732. The zero-order valence-corrected chi connectivity index (χ0v) is 7.36. The molecule has 0 aliphatic heterocycles. The van der Waals surface area contributed by atoms with E-state index in [1.54, 1.807) is 6.07 Å². The molecule has 1 aromatic rings. The van der Waals surface area contributed by atoms with E-state index in [1.807, 2.05) is 0 Å². The van der Waals surface area contributed by atoms with Gasteiger partial charge in [0.15, 0.2) is 11.6 Å². The summed E-state index contributed by atoms with van der Waals surface area (Å²) in [5, 5.41) is 26.2. The molecule has 0 aliphatic rings. The van der Waals surface area contributed by atoms with Gasteiger partial charge < -0.3 is 14.8 Å². The minimum atomic E-state index is -1.96. The zero-order chi connectivity index (χ0) is 10.7. The topological polar surface area (TPSA) is 73.5 Å². The van der Waals surface area contributed by atoms with Gasteiger partial charge in [0.05, 0.1) is 18.7 Å². The lowest BCUT2D eigenvalue weighted by Gasteiger charge is -2.07. The van der Waals surface area contributed by atoms with E-state index in [1.165, 1.54) is 13.2 Å². The lowest BCUT2D eigenvalue weighted by atomic mass is 9.79. The van der Waals surface area contributed by atoms with Gasteiger partial charge in [0.1, 0.15) is 0 Å². The van der Waals surface area contributed by atoms with E-state index in [0.717, 1.165) is 6.07 Å². The number of hydrogen-bond donors (Lipinski definition) is 2. The first-order valence-electron chi connectivity index (χ1n) is 3.73. The number of methoxy groups -OCH3 is 1. The maximum Gasteiger partial charge on any atom is 0.491 e. The van der Waals surface area contributed by atoms with Gasteiger partial charge in [0.25, 0.3) is 0 Å². The number of ether oxygens (including phenoxy) is 1. The predicted molar refractivity (Wildman–Crippen MR) is 47.5 cm³/mol. The highest BCUT2D eigenvalue weighted by atomic mass is 19.1. The summed E-state index contributed by atoms with van der Waals surface area (Å²) in [6, 6.07) is 4.00. The van der Waals surface area contributed by atoms with E-state index in [4.69, 9.17) is 15.3 Å². The van der Waals surface area contributed by atoms with Gasteiger partial charge in [-0.05, 0) is 6.07 Å². The largest absolute Gasteiger partial charge is 0.494 e. The SMILES string of the molecule is COc1cc(C#N)cc(B(O)O)c1F. The number of benzene rings is 1. The third kappa shape index (κ3) is 1.84. The van der Waals surface area contributed by atoms with E-state index in [2.05, 4.69) is 4.74 Å². The van der Waals surface area contributed by atoms with Crippen molar-refractivity contribution in [1.29, 1.82) is 5.26 Å². The fourth-order valence-electron chi connectivity index (χ4n) is 1.02. The Morgan fingerprint density at radius 1 is 1.50 bits per heavy atom. The molecule has 6 heteroatoms. The third-order valence-corrected chi connectivity index (χ3v) is 1.69. The van der Waals surface area contributed by atoms with Crippen molar-refractivity contribution in [3.63, 3.8) is 0 Å². The van der Waals surface area contributed by atoms with Gasteiger partial charge in [-0.25, -0.2) is 4.39 Å². The molecular weight excluding hydrogens is 188 g/mol. The normalized spacial score (nSPS) is 9.36. The first-order chi connectivity index (χ1) is 6.60. The van der Waals surface area contributed by atoms with Crippen LogP contribution >= 0.6 is 0 Å². The fourth-order valence-corrected chi connectivity index (χ4v) is 1.02. The van der Waals surface area contributed by atoms with Crippen LogP contribution in [0, 0.1) is 17.1 Å². The molecular formula is C8H7BFNO3. The van der Waals surface area contributed by atoms with E-state index in [-0.39, 0.29) is 16.8 Å². The molecule has 0 unspecified atom stereocenters. The van der Waals surface area contributed by atoms with Crippen molar-refractivity contribution in [3.8, 4) is 11.8 Å². The highest BCUT2D eigenvalue weighted by Crippen LogP contribution is 2.16. The molecule has 0 fully saturated rings. The summed E-state index contributed by atoms with van der Waals surface area (Å²) < 4.78 is 17.9. The monoisotopic (exact) mass is 195 g/mol. The average Bonchev–Trinajstić information content (AvgIpc) is 2.17. The zero-order valence-electron chi connectivity index (χ0n) is 7.36. The first-order valence-corrected chi connectivity index (χ1v) is 3.73. The van der Waals surface area contributed by atoms with Gasteiger partial charge in [0.2, 0.25) is 0 Å². The van der Waals surface area contributed by atoms with Crippen LogP contribution in [0.1, 0.15) is 5.56 Å². The number of halogens is 1. The van der Waals surface area contributed by atoms with Crippen molar-refractivity contribution < 1.29 is 19.2 Å². The van der Waals surface area contributed by atoms with Crippen molar-refractivity contribution in [1.82, 2.24) is 0 Å². The lowest BCUT2D eigenvalue weighted by molar-refractivity contribution is 0.384. The van der Waals surface area contributed by atoms with E-state index in [9.17, 15) is 4.39 Å². The Hall–Kier alpha value is -1.58. The summed E-state index contributed by atoms with van der Waals surface area (Å²) >= 11 is 0. The minimum Gasteiger partial charge on any atom is -0.494 e. The van der Waals surface area contributed by atoms with E-state index >= 15 is 0 Å². The Morgan fingerprint density at radius 3 is 2.57 bits per heavy atom. The van der Waals surface area contributed by atoms with Crippen LogP contribution in [0.4, 0.5) is 4.39 Å². The van der Waals surface area contributed by atoms with Crippen molar-refractivity contribution in [3.05, 3.63) is 23.5 Å². The summed E-state index contributed by atoms with van der Waals surface area (Å²) in [6.45, 7) is 0. The van der Waals surface area contributed by atoms with E-state index < -0.39 is 12.9 Å². The highest BCUT2D eigenvalue weighted by molar-refractivity contribution is 6.58. The molecule has 0 aromatic heterocycles. The van der Waals surface area contributed by atoms with Gasteiger partial charge in [-0.3, -0.25) is 0 Å². The standard InChI is InChI=1S/C8H7BFNO3/c1-14-7-3-5(4-11)2-6(8(7)10)9(12)13/h2-3,12-13H,1H3. The quantitative estimate of drug-likeness (QED) is 0.617. The molecule has 1 aromatic carbocycles. The maximum atomic E-state index is 13.3. The first kappa shape index (κ1) is 10.5. The molecule has 2 N–H and O–H groups in total. The maximum absolute atomic E-state index is 13.3. The molecule has 4 nitrogen and oxygen atoms in total. The summed E-state index contributed by atoms with van der Waals surface area (Å²) in [5.41, 5.74) is -0.271. The van der Waals surface area contributed by atoms with Gasteiger partial charge >= 0.3 is 7.12 Å². The van der Waals surface area contributed by atoms with Gasteiger partial charge in [-0.15, -0.1) is 0 Å². The van der Waals surface area contributed by atoms with Gasteiger partial charge in [-0.2, -0.15) is 5.26 Å². The second-order valence-electron chi connectivity index (χ2n) is 2.57. The lowest BCUT2D eigenvalue weighted by Crippen LogP contribution is -2.33. The van der Waals surface area contributed by atoms with Crippen LogP contribution in [0.25, 0.3) is 0 Å². The van der Waals surface area contributed by atoms with Crippen LogP contribution in [-0.4, -0.2) is 24.3 Å². The Morgan fingerprint density at radius 2 is 2.14 bits per heavy atom. The molecule has 1 rings (SSSR count). The predicted octanol–water partition coefficient (Wildman–Crippen LogP) is -0.614. The Balaban J connectivity index is 3.36. The number of nitrogens with zero attached hydrogens (tertiary/aromatic N) is 1. The third-order valence-electron chi connectivity index (χ3n) is 1.69. The number of rotatable bonds is 2. The molecule has 0 atom stereocenters. The van der Waals surface area contributed by atoms with Crippen molar-refractivity contribution >= 4 is 12.6 Å². The average molecular weight is 195 g/mol. The summed E-state index contributed by atoms with van der Waals surface area (Å²) in [6.07, 6.45) is 0. The van der Waals surface area contributed by atoms with E-state index in [0.29, 0.717) is 0 Å². The highest BCUT2D eigenvalue weighted by Gasteiger charge is 2.20. The van der Waals surface area contributed by atoms with Crippen LogP contribution in [-0.2, 0) is 0 Å². The Labute approximate surface area is 80.3 Å². The molecule has 0 heterocycles. The van der Waals surface area contributed by atoms with Crippen molar-refractivity contribution in [2.75, 3.05) is 7.11 Å². The van der Waals surface area contributed by atoms with Crippen LogP contribution in [0.3, 0.4) is 0 Å². The minimum absolute atomic E-state index is 0.103. The second kappa shape index (κ2) is 4.09. The molecule has 0 bridgehead atoms. The van der Waals surface area contributed by atoms with Gasteiger partial charge in [-0.1, -0.05) is 0 Å². The van der Waals surface area contributed by atoms with Crippen LogP contribution < -0.4 is 10.2 Å². The summed E-state index contributed by atoms with van der Waals surface area (Å²) in [5.74, 6) is -1.06. The van der Waals surface area contributed by atoms with Gasteiger partial charge in [0, 0.05) is 11.5 Å². The second-order valence-corrected chi connectivity index (χ2v) is 2.57. The molecule has 0 aliphatic carbocycles. The molecule has 14 heavy (non-hydrogen) atoms. The van der Waals surface area contributed by atoms with Crippen LogP contribution in [0.2, 0.25) is 0 Å². The number of hydrogen-bond acceptors (Lipinski definition) is 4. The molecule has 0 saturated carbocycles. The Kier molecular flexibility index (Phi) is 3.07. The Bertz CT molecular complexity index is 389. The molecule has 0 saturated heterocycles. The van der Waals surface area contributed by atoms with Crippen molar-refractivity contribution in [2.24, 2.45) is 0 Å². The smallest absolute Gasteiger partial charge is 0.491 e. The molecule has 0 spiro atoms. The molecule has 0 radical (unpaired) electrons. The van der Waals surface area contributed by atoms with Crippen LogP contribution in [0.5, 0.6) is 5.75 Å².